The zero-order valence-corrected chi connectivity index (χ0v) is 17.3. The van der Waals surface area contributed by atoms with Crippen LogP contribution in [0.3, 0.4) is 0 Å². The summed E-state index contributed by atoms with van der Waals surface area (Å²) in [5.74, 6) is -2.10. The number of urea groups is 1. The molecule has 6 nitrogen and oxygen atoms in total. The number of imide groups is 2. The van der Waals surface area contributed by atoms with E-state index in [0.717, 1.165) is 4.90 Å². The molecule has 0 aromatic heterocycles. The number of nitrogens with one attached hydrogen (secondary N) is 1. The molecule has 0 spiro atoms. The van der Waals surface area contributed by atoms with Gasteiger partial charge in [-0.2, -0.15) is 0 Å². The molecule has 0 unspecified atom stereocenters. The summed E-state index contributed by atoms with van der Waals surface area (Å²) < 4.78 is 14.2. The first-order chi connectivity index (χ1) is 15.3. The summed E-state index contributed by atoms with van der Waals surface area (Å²) in [5, 5.41) is 12.0. The molecular weight excluding hydrogens is 435 g/mol. The van der Waals surface area contributed by atoms with Gasteiger partial charge in [0.2, 0.25) is 0 Å². The Morgan fingerprint density at radius 2 is 1.69 bits per heavy atom. The van der Waals surface area contributed by atoms with E-state index in [1.165, 1.54) is 36.4 Å². The zero-order valence-electron chi connectivity index (χ0n) is 16.5. The van der Waals surface area contributed by atoms with Crippen LogP contribution in [0, 0.1) is 5.82 Å². The van der Waals surface area contributed by atoms with Gasteiger partial charge < -0.3 is 5.11 Å². The minimum absolute atomic E-state index is 0.0397. The van der Waals surface area contributed by atoms with Crippen molar-refractivity contribution in [3.05, 3.63) is 99.8 Å². The van der Waals surface area contributed by atoms with Crippen LogP contribution in [0.5, 0.6) is 5.75 Å². The van der Waals surface area contributed by atoms with E-state index >= 15 is 0 Å². The maximum Gasteiger partial charge on any atom is 0.335 e. The number of hydrogen-bond acceptors (Lipinski definition) is 4. The van der Waals surface area contributed by atoms with Gasteiger partial charge in [-0.05, 0) is 65.2 Å². The molecule has 160 valence electrons. The molecule has 1 aliphatic heterocycles. The first kappa shape index (κ1) is 21.3. The lowest BCUT2D eigenvalue weighted by molar-refractivity contribution is -0.122. The lowest BCUT2D eigenvalue weighted by Gasteiger charge is -2.26. The Morgan fingerprint density at radius 3 is 2.41 bits per heavy atom. The van der Waals surface area contributed by atoms with Crippen molar-refractivity contribution in [1.82, 2.24) is 5.32 Å². The molecule has 0 aliphatic carbocycles. The van der Waals surface area contributed by atoms with Crippen LogP contribution >= 0.6 is 11.6 Å². The van der Waals surface area contributed by atoms with E-state index in [0.29, 0.717) is 21.7 Å². The average molecular weight is 451 g/mol. The molecule has 1 fully saturated rings. The monoisotopic (exact) mass is 450 g/mol. The van der Waals surface area contributed by atoms with Crippen molar-refractivity contribution in [2.75, 3.05) is 4.90 Å². The van der Waals surface area contributed by atoms with E-state index < -0.39 is 17.8 Å². The van der Waals surface area contributed by atoms with Gasteiger partial charge in [-0.25, -0.2) is 14.1 Å². The van der Waals surface area contributed by atoms with Crippen LogP contribution in [0.2, 0.25) is 5.02 Å². The smallest absolute Gasteiger partial charge is 0.335 e. The first-order valence-electron chi connectivity index (χ1n) is 9.56. The Bertz CT molecular complexity index is 1270. The van der Waals surface area contributed by atoms with E-state index in [1.807, 2.05) is 0 Å². The second-order valence-electron chi connectivity index (χ2n) is 7.09. The predicted molar refractivity (Wildman–Crippen MR) is 118 cm³/mol. The third kappa shape index (κ3) is 4.24. The van der Waals surface area contributed by atoms with E-state index in [9.17, 15) is 23.9 Å². The number of halogens is 2. The minimum atomic E-state index is -0.902. The topological polar surface area (TPSA) is 86.7 Å². The largest absolute Gasteiger partial charge is 0.508 e. The molecule has 2 N–H and O–H groups in total. The van der Waals surface area contributed by atoms with Gasteiger partial charge in [-0.1, -0.05) is 35.9 Å². The fraction of sp³-hybridized carbons (Fsp3) is 0.0417. The van der Waals surface area contributed by atoms with Crippen LogP contribution in [0.25, 0.3) is 6.08 Å². The second-order valence-corrected chi connectivity index (χ2v) is 7.52. The van der Waals surface area contributed by atoms with Crippen LogP contribution in [0.1, 0.15) is 16.7 Å². The van der Waals surface area contributed by atoms with Gasteiger partial charge in [0.05, 0.1) is 5.69 Å². The number of anilines is 1. The number of phenols is 1. The lowest BCUT2D eigenvalue weighted by Crippen LogP contribution is -2.54. The summed E-state index contributed by atoms with van der Waals surface area (Å²) >= 11 is 6.13. The average Bonchev–Trinajstić information content (AvgIpc) is 2.75. The molecule has 32 heavy (non-hydrogen) atoms. The number of barbiturate groups is 1. The molecular formula is C24H16ClFN2O4. The van der Waals surface area contributed by atoms with Gasteiger partial charge in [0.25, 0.3) is 11.8 Å². The highest BCUT2D eigenvalue weighted by atomic mass is 35.5. The number of hydrogen-bond donors (Lipinski definition) is 2. The van der Waals surface area contributed by atoms with Crippen molar-refractivity contribution in [3.8, 4) is 5.75 Å². The van der Waals surface area contributed by atoms with Crippen LogP contribution < -0.4 is 10.2 Å². The van der Waals surface area contributed by atoms with Crippen molar-refractivity contribution < 1.29 is 23.9 Å². The van der Waals surface area contributed by atoms with Crippen molar-refractivity contribution in [1.29, 1.82) is 0 Å². The highest BCUT2D eigenvalue weighted by Gasteiger charge is 2.36. The van der Waals surface area contributed by atoms with Gasteiger partial charge in [0, 0.05) is 11.4 Å². The Morgan fingerprint density at radius 1 is 0.969 bits per heavy atom. The molecule has 0 atom stereocenters. The highest BCUT2D eigenvalue weighted by molar-refractivity contribution is 6.39. The zero-order chi connectivity index (χ0) is 22.8. The lowest BCUT2D eigenvalue weighted by atomic mass is 9.97. The van der Waals surface area contributed by atoms with Crippen LogP contribution in [-0.2, 0) is 16.0 Å². The number of nitrogens with zero attached hydrogens (tertiary/aromatic N) is 1. The van der Waals surface area contributed by atoms with E-state index in [1.54, 1.807) is 36.4 Å². The summed E-state index contributed by atoms with van der Waals surface area (Å²) in [5.41, 5.74) is 1.42. The van der Waals surface area contributed by atoms with Crippen molar-refractivity contribution >= 4 is 41.2 Å². The third-order valence-electron chi connectivity index (χ3n) is 4.96. The van der Waals surface area contributed by atoms with Crippen LogP contribution in [0.15, 0.2) is 72.3 Å². The maximum atomic E-state index is 14.2. The Balaban J connectivity index is 1.75. The standard InChI is InChI=1S/C24H16ClFN2O4/c25-17-6-5-14(11-15-3-1-2-4-21(15)26)16(12-17)13-20-22(30)27-24(32)28(23(20)31)18-7-9-19(29)10-8-18/h1-10,12-13,29H,11H2,(H,27,30,32)/b20-13+. The third-order valence-corrected chi connectivity index (χ3v) is 5.19. The Labute approximate surface area is 187 Å². The number of amides is 4. The fourth-order valence-electron chi connectivity index (χ4n) is 3.36. The molecule has 1 aliphatic rings. The Hall–Kier alpha value is -3.97. The molecule has 3 aromatic carbocycles. The van der Waals surface area contributed by atoms with Gasteiger partial charge in [0.1, 0.15) is 17.1 Å². The SMILES string of the molecule is O=C1NC(=O)N(c2ccc(O)cc2)C(=O)/C1=C/c1cc(Cl)ccc1Cc1ccccc1F. The van der Waals surface area contributed by atoms with E-state index in [-0.39, 0.29) is 29.2 Å². The summed E-state index contributed by atoms with van der Waals surface area (Å²) in [6.45, 7) is 0. The molecule has 8 heteroatoms. The minimum Gasteiger partial charge on any atom is -0.508 e. The number of phenolic OH excluding ortho intramolecular Hbond substituents is 1. The number of carbonyl (C=O) groups excluding carboxylic acids is 3. The van der Waals surface area contributed by atoms with Crippen LogP contribution in [0.4, 0.5) is 14.9 Å². The van der Waals surface area contributed by atoms with Crippen LogP contribution in [-0.4, -0.2) is 23.0 Å². The van der Waals surface area contributed by atoms with Crippen molar-refractivity contribution in [2.24, 2.45) is 0 Å². The van der Waals surface area contributed by atoms with Gasteiger partial charge in [-0.3, -0.25) is 14.9 Å². The van der Waals surface area contributed by atoms with Gasteiger partial charge in [-0.15, -0.1) is 0 Å². The normalized spacial score (nSPS) is 15.2. The molecule has 4 rings (SSSR count). The summed E-state index contributed by atoms with van der Waals surface area (Å²) in [4.78, 5) is 38.7. The molecule has 0 radical (unpaired) electrons. The molecule has 1 saturated heterocycles. The molecule has 4 amide bonds. The highest BCUT2D eigenvalue weighted by Crippen LogP contribution is 2.27. The van der Waals surface area contributed by atoms with Crippen molar-refractivity contribution in [3.63, 3.8) is 0 Å². The van der Waals surface area contributed by atoms with Gasteiger partial charge in [0.15, 0.2) is 0 Å². The fourth-order valence-corrected chi connectivity index (χ4v) is 3.54. The van der Waals surface area contributed by atoms with E-state index in [4.69, 9.17) is 11.6 Å². The summed E-state index contributed by atoms with van der Waals surface area (Å²) in [6.07, 6.45) is 1.54. The number of aromatic hydroxyl groups is 1. The number of carbonyl (C=O) groups is 3. The Kier molecular flexibility index (Phi) is 5.75. The predicted octanol–water partition coefficient (Wildman–Crippen LogP) is 4.44. The van der Waals surface area contributed by atoms with Crippen molar-refractivity contribution in [2.45, 2.75) is 6.42 Å². The molecule has 0 bridgehead atoms. The first-order valence-corrected chi connectivity index (χ1v) is 9.93. The molecule has 0 saturated carbocycles. The van der Waals surface area contributed by atoms with E-state index in [2.05, 4.69) is 5.32 Å². The second kappa shape index (κ2) is 8.64. The number of benzene rings is 3. The summed E-state index contributed by atoms with van der Waals surface area (Å²) in [7, 11) is 0. The van der Waals surface area contributed by atoms with Gasteiger partial charge >= 0.3 is 6.03 Å². The quantitative estimate of drug-likeness (QED) is 0.454. The summed E-state index contributed by atoms with van der Waals surface area (Å²) in [6, 6.07) is 15.7. The maximum absolute atomic E-state index is 14.2. The number of rotatable bonds is 4. The molecule has 1 heterocycles. The molecule has 3 aromatic rings.